The zero-order chi connectivity index (χ0) is 19.4. The van der Waals surface area contributed by atoms with Crippen LogP contribution in [0.4, 0.5) is 0 Å². The molecule has 25 heavy (non-hydrogen) atoms. The normalized spacial score (nSPS) is 27.2. The lowest BCUT2D eigenvalue weighted by Gasteiger charge is -2.48. The Labute approximate surface area is 153 Å². The molecule has 0 aliphatic heterocycles. The lowest BCUT2D eigenvalue weighted by Crippen LogP contribution is -2.68. The van der Waals surface area contributed by atoms with Gasteiger partial charge in [-0.3, -0.25) is 9.59 Å². The van der Waals surface area contributed by atoms with Crippen LogP contribution in [0.2, 0.25) is 0 Å². The average Bonchev–Trinajstić information content (AvgIpc) is 2.46. The van der Waals surface area contributed by atoms with E-state index in [0.717, 1.165) is 19.4 Å². The number of allylic oxidation sites excluding steroid dienone is 1. The molecule has 5 heteroatoms. The van der Waals surface area contributed by atoms with Gasteiger partial charge >= 0.3 is 0 Å². The van der Waals surface area contributed by atoms with Crippen molar-refractivity contribution in [1.29, 1.82) is 0 Å². The molecular weight excluding hydrogens is 314 g/mol. The summed E-state index contributed by atoms with van der Waals surface area (Å²) in [4.78, 5) is 27.6. The van der Waals surface area contributed by atoms with E-state index in [4.69, 9.17) is 0 Å². The predicted molar refractivity (Wildman–Crippen MR) is 103 cm³/mol. The van der Waals surface area contributed by atoms with E-state index in [1.165, 1.54) is 6.92 Å². The van der Waals surface area contributed by atoms with E-state index in [-0.39, 0.29) is 29.2 Å². The van der Waals surface area contributed by atoms with Crippen molar-refractivity contribution >= 4 is 11.8 Å². The van der Waals surface area contributed by atoms with Crippen LogP contribution in [0, 0.1) is 11.8 Å². The molecule has 1 saturated carbocycles. The summed E-state index contributed by atoms with van der Waals surface area (Å²) in [5.74, 6) is 0.0652. The number of rotatable bonds is 6. The van der Waals surface area contributed by atoms with Gasteiger partial charge in [0.05, 0.1) is 0 Å². The molecular formula is C20H37N3O2. The van der Waals surface area contributed by atoms with E-state index in [2.05, 4.69) is 43.0 Å². The quantitative estimate of drug-likeness (QED) is 0.723. The maximum Gasteiger partial charge on any atom is 0.246 e. The SMILES string of the molecule is C=CC1CCC(CN(C)C(C)C)C(NC(C)=O)(C(=O)NC(C)(C)C)C1. The number of hydrogen-bond acceptors (Lipinski definition) is 3. The second-order valence-electron chi connectivity index (χ2n) is 8.86. The first kappa shape index (κ1) is 21.7. The van der Waals surface area contributed by atoms with Gasteiger partial charge < -0.3 is 15.5 Å². The highest BCUT2D eigenvalue weighted by Gasteiger charge is 2.50. The van der Waals surface area contributed by atoms with Crippen molar-refractivity contribution < 1.29 is 9.59 Å². The number of nitrogens with one attached hydrogen (secondary N) is 2. The molecule has 1 aliphatic rings. The summed E-state index contributed by atoms with van der Waals surface area (Å²) in [5.41, 5.74) is -1.24. The number of carbonyl (C=O) groups excluding carboxylic acids is 2. The van der Waals surface area contributed by atoms with Gasteiger partial charge in [-0.15, -0.1) is 6.58 Å². The standard InChI is InChI=1S/C20H37N3O2/c1-9-16-10-11-17(13-23(8)14(2)3)20(12-16,21-15(4)24)18(25)22-19(5,6)7/h9,14,16-17H,1,10-13H2,2-8H3,(H,21,24)(H,22,25). The number of hydrogen-bond donors (Lipinski definition) is 2. The Hall–Kier alpha value is -1.36. The zero-order valence-electron chi connectivity index (χ0n) is 17.1. The van der Waals surface area contributed by atoms with E-state index >= 15 is 0 Å². The van der Waals surface area contributed by atoms with Crippen LogP contribution in [-0.4, -0.2) is 47.4 Å². The van der Waals surface area contributed by atoms with Crippen LogP contribution < -0.4 is 10.6 Å². The maximum absolute atomic E-state index is 13.3. The van der Waals surface area contributed by atoms with Crippen molar-refractivity contribution in [1.82, 2.24) is 15.5 Å². The summed E-state index contributed by atoms with van der Waals surface area (Å²) in [6, 6.07) is 0.387. The molecule has 0 aromatic heterocycles. The lowest BCUT2D eigenvalue weighted by molar-refractivity contribution is -0.139. The van der Waals surface area contributed by atoms with Gasteiger partial charge in [0.2, 0.25) is 11.8 Å². The first-order valence-corrected chi connectivity index (χ1v) is 9.35. The zero-order valence-corrected chi connectivity index (χ0v) is 17.1. The molecule has 1 aliphatic carbocycles. The molecule has 2 amide bonds. The summed E-state index contributed by atoms with van der Waals surface area (Å²) in [6.45, 7) is 16.4. The Kier molecular flexibility index (Phi) is 7.24. The van der Waals surface area contributed by atoms with Crippen LogP contribution in [0.5, 0.6) is 0 Å². The summed E-state index contributed by atoms with van der Waals surface area (Å²) < 4.78 is 0. The van der Waals surface area contributed by atoms with Crippen LogP contribution >= 0.6 is 0 Å². The summed E-state index contributed by atoms with van der Waals surface area (Å²) in [6.07, 6.45) is 4.42. The topological polar surface area (TPSA) is 61.4 Å². The molecule has 0 spiro atoms. The fraction of sp³-hybridized carbons (Fsp3) is 0.800. The molecule has 0 radical (unpaired) electrons. The van der Waals surface area contributed by atoms with Crippen LogP contribution in [0.3, 0.4) is 0 Å². The van der Waals surface area contributed by atoms with Crippen LogP contribution in [0.1, 0.15) is 60.8 Å². The molecule has 3 unspecified atom stereocenters. The summed E-state index contributed by atoms with van der Waals surface area (Å²) >= 11 is 0. The van der Waals surface area contributed by atoms with Gasteiger partial charge in [0, 0.05) is 31.0 Å². The van der Waals surface area contributed by atoms with Crippen LogP contribution in [0.15, 0.2) is 12.7 Å². The third-order valence-corrected chi connectivity index (χ3v) is 5.18. The minimum Gasteiger partial charge on any atom is -0.349 e. The minimum absolute atomic E-state index is 0.0716. The van der Waals surface area contributed by atoms with Gasteiger partial charge in [-0.05, 0) is 66.8 Å². The molecule has 1 fully saturated rings. The Balaban J connectivity index is 3.26. The van der Waals surface area contributed by atoms with Crippen molar-refractivity contribution in [2.75, 3.05) is 13.6 Å². The van der Waals surface area contributed by atoms with Crippen molar-refractivity contribution in [2.45, 2.75) is 77.9 Å². The highest BCUT2D eigenvalue weighted by molar-refractivity contribution is 5.92. The molecule has 1 rings (SSSR count). The van der Waals surface area contributed by atoms with E-state index in [0.29, 0.717) is 12.5 Å². The highest BCUT2D eigenvalue weighted by Crippen LogP contribution is 2.39. The number of carbonyl (C=O) groups is 2. The maximum atomic E-state index is 13.3. The van der Waals surface area contributed by atoms with E-state index < -0.39 is 5.54 Å². The Bertz CT molecular complexity index is 496. The van der Waals surface area contributed by atoms with Gasteiger partial charge in [-0.1, -0.05) is 6.08 Å². The average molecular weight is 352 g/mol. The van der Waals surface area contributed by atoms with Crippen molar-refractivity contribution in [3.05, 3.63) is 12.7 Å². The molecule has 3 atom stereocenters. The van der Waals surface area contributed by atoms with Gasteiger partial charge in [0.1, 0.15) is 5.54 Å². The molecule has 0 aromatic rings. The first-order chi connectivity index (χ1) is 11.4. The van der Waals surface area contributed by atoms with Gasteiger partial charge in [-0.2, -0.15) is 0 Å². The van der Waals surface area contributed by atoms with Crippen molar-refractivity contribution in [3.63, 3.8) is 0 Å². The van der Waals surface area contributed by atoms with Crippen LogP contribution in [-0.2, 0) is 9.59 Å². The van der Waals surface area contributed by atoms with Crippen molar-refractivity contribution in [3.8, 4) is 0 Å². The molecule has 0 aromatic carbocycles. The monoisotopic (exact) mass is 351 g/mol. The van der Waals surface area contributed by atoms with Gasteiger partial charge in [0.15, 0.2) is 0 Å². The largest absolute Gasteiger partial charge is 0.349 e. The Morgan fingerprint density at radius 2 is 1.92 bits per heavy atom. The van der Waals surface area contributed by atoms with Crippen molar-refractivity contribution in [2.24, 2.45) is 11.8 Å². The molecule has 0 saturated heterocycles. The molecule has 5 nitrogen and oxygen atoms in total. The smallest absolute Gasteiger partial charge is 0.246 e. The first-order valence-electron chi connectivity index (χ1n) is 9.35. The third kappa shape index (κ3) is 5.84. The lowest BCUT2D eigenvalue weighted by atomic mass is 9.67. The van der Waals surface area contributed by atoms with E-state index in [1.54, 1.807) is 0 Å². The molecule has 2 N–H and O–H groups in total. The predicted octanol–water partition coefficient (Wildman–Crippen LogP) is 2.72. The molecule has 144 valence electrons. The van der Waals surface area contributed by atoms with Gasteiger partial charge in [0.25, 0.3) is 0 Å². The third-order valence-electron chi connectivity index (χ3n) is 5.18. The van der Waals surface area contributed by atoms with Crippen LogP contribution in [0.25, 0.3) is 0 Å². The Morgan fingerprint density at radius 1 is 1.32 bits per heavy atom. The second-order valence-corrected chi connectivity index (χ2v) is 8.86. The minimum atomic E-state index is -0.890. The molecule has 0 heterocycles. The fourth-order valence-electron chi connectivity index (χ4n) is 3.60. The Morgan fingerprint density at radius 3 is 2.36 bits per heavy atom. The summed E-state index contributed by atoms with van der Waals surface area (Å²) in [5, 5.41) is 6.16. The highest BCUT2D eigenvalue weighted by atomic mass is 16.2. The van der Waals surface area contributed by atoms with E-state index in [1.807, 2.05) is 26.8 Å². The van der Waals surface area contributed by atoms with Gasteiger partial charge in [-0.25, -0.2) is 0 Å². The second kappa shape index (κ2) is 8.35. The number of nitrogens with zero attached hydrogens (tertiary/aromatic N) is 1. The summed E-state index contributed by atoms with van der Waals surface area (Å²) in [7, 11) is 2.07. The fourth-order valence-corrected chi connectivity index (χ4v) is 3.60. The van der Waals surface area contributed by atoms with E-state index in [9.17, 15) is 9.59 Å². The molecule has 0 bridgehead atoms. The number of amides is 2.